The summed E-state index contributed by atoms with van der Waals surface area (Å²) in [7, 11) is -0.406. The molecule has 0 saturated heterocycles. The Balaban J connectivity index is 1.54. The first-order valence-electron chi connectivity index (χ1n) is 8.29. The van der Waals surface area contributed by atoms with E-state index < -0.39 is 10.0 Å². The smallest absolute Gasteiger partial charge is 0.317 e. The molecular formula is C18H21N3O5S. The monoisotopic (exact) mass is 391 g/mol. The maximum atomic E-state index is 12.3. The number of hydrogen-bond donors (Lipinski definition) is 2. The Morgan fingerprint density at radius 1 is 1.07 bits per heavy atom. The number of ether oxygens (including phenoxy) is 2. The maximum Gasteiger partial charge on any atom is 0.317 e. The predicted octanol–water partition coefficient (Wildman–Crippen LogP) is 1.66. The Labute approximate surface area is 158 Å². The van der Waals surface area contributed by atoms with Crippen LogP contribution < -0.4 is 19.5 Å². The molecule has 144 valence electrons. The molecule has 0 bridgehead atoms. The van der Waals surface area contributed by atoms with Crippen molar-refractivity contribution in [3.05, 3.63) is 53.6 Å². The minimum absolute atomic E-state index is 0.181. The van der Waals surface area contributed by atoms with Crippen LogP contribution in [0.15, 0.2) is 47.4 Å². The maximum absolute atomic E-state index is 12.3. The highest BCUT2D eigenvalue weighted by Crippen LogP contribution is 2.32. The molecule has 3 rings (SSSR count). The van der Waals surface area contributed by atoms with Crippen LogP contribution >= 0.6 is 0 Å². The van der Waals surface area contributed by atoms with Gasteiger partial charge in [-0.1, -0.05) is 18.2 Å². The van der Waals surface area contributed by atoms with E-state index in [2.05, 4.69) is 10.0 Å². The van der Waals surface area contributed by atoms with Crippen molar-refractivity contribution in [2.24, 2.45) is 0 Å². The third kappa shape index (κ3) is 4.50. The lowest BCUT2D eigenvalue weighted by Crippen LogP contribution is -2.36. The quantitative estimate of drug-likeness (QED) is 0.781. The van der Waals surface area contributed by atoms with E-state index in [1.54, 1.807) is 24.1 Å². The molecule has 1 aliphatic heterocycles. The number of carbonyl (C=O) groups is 1. The Kier molecular flexibility index (Phi) is 5.52. The van der Waals surface area contributed by atoms with Crippen LogP contribution in [0, 0.1) is 0 Å². The molecule has 0 aromatic heterocycles. The summed E-state index contributed by atoms with van der Waals surface area (Å²) >= 11 is 0. The lowest BCUT2D eigenvalue weighted by atomic mass is 10.2. The molecule has 2 amide bonds. The van der Waals surface area contributed by atoms with Gasteiger partial charge in [0.25, 0.3) is 0 Å². The molecule has 0 saturated carbocycles. The molecule has 2 aromatic rings. The number of amides is 2. The molecule has 2 N–H and O–H groups in total. The van der Waals surface area contributed by atoms with Crippen LogP contribution in [0.2, 0.25) is 0 Å². The summed E-state index contributed by atoms with van der Waals surface area (Å²) in [6, 6.07) is 11.7. The van der Waals surface area contributed by atoms with Gasteiger partial charge in [0, 0.05) is 20.1 Å². The van der Waals surface area contributed by atoms with Crippen LogP contribution in [-0.4, -0.2) is 40.2 Å². The molecule has 1 heterocycles. The van der Waals surface area contributed by atoms with Gasteiger partial charge in [0.05, 0.1) is 4.90 Å². The first kappa shape index (κ1) is 19.0. The van der Waals surface area contributed by atoms with E-state index in [9.17, 15) is 13.2 Å². The molecule has 0 atom stereocenters. The summed E-state index contributed by atoms with van der Waals surface area (Å²) < 4.78 is 36.3. The first-order valence-corrected chi connectivity index (χ1v) is 9.77. The van der Waals surface area contributed by atoms with E-state index in [1.807, 2.05) is 18.2 Å². The van der Waals surface area contributed by atoms with Gasteiger partial charge < -0.3 is 19.7 Å². The van der Waals surface area contributed by atoms with Gasteiger partial charge in [0.15, 0.2) is 11.5 Å². The summed E-state index contributed by atoms with van der Waals surface area (Å²) in [4.78, 5) is 14.0. The van der Waals surface area contributed by atoms with Crippen LogP contribution in [0.3, 0.4) is 0 Å². The molecule has 1 aliphatic rings. The number of rotatable bonds is 6. The largest absolute Gasteiger partial charge is 0.454 e. The number of hydrogen-bond acceptors (Lipinski definition) is 5. The third-order valence-electron chi connectivity index (χ3n) is 4.15. The first-order chi connectivity index (χ1) is 12.9. The summed E-state index contributed by atoms with van der Waals surface area (Å²) in [6.45, 7) is 0.926. The minimum Gasteiger partial charge on any atom is -0.454 e. The lowest BCUT2D eigenvalue weighted by molar-refractivity contribution is 0.174. The van der Waals surface area contributed by atoms with Crippen molar-refractivity contribution in [3.63, 3.8) is 0 Å². The van der Waals surface area contributed by atoms with Crippen molar-refractivity contribution in [2.75, 3.05) is 20.9 Å². The van der Waals surface area contributed by atoms with Crippen molar-refractivity contribution in [3.8, 4) is 11.5 Å². The van der Waals surface area contributed by atoms with Gasteiger partial charge in [-0.05, 0) is 42.4 Å². The molecule has 0 aliphatic carbocycles. The van der Waals surface area contributed by atoms with Crippen molar-refractivity contribution in [1.82, 2.24) is 14.9 Å². The SMILES string of the molecule is CNS(=O)(=O)c1ccc(CNC(=O)N(C)Cc2ccc3c(c2)OCO3)cc1. The number of nitrogens with zero attached hydrogens (tertiary/aromatic N) is 1. The highest BCUT2D eigenvalue weighted by atomic mass is 32.2. The predicted molar refractivity (Wildman–Crippen MR) is 99.0 cm³/mol. The van der Waals surface area contributed by atoms with Gasteiger partial charge >= 0.3 is 6.03 Å². The number of carbonyl (C=O) groups excluding carboxylic acids is 1. The molecule has 0 spiro atoms. The standard InChI is InChI=1S/C18H21N3O5S/c1-19-27(23,24)15-6-3-13(4-7-15)10-20-18(22)21(2)11-14-5-8-16-17(9-14)26-12-25-16/h3-9,19H,10-12H2,1-2H3,(H,20,22). The summed E-state index contributed by atoms with van der Waals surface area (Å²) in [5.74, 6) is 1.38. The summed E-state index contributed by atoms with van der Waals surface area (Å²) in [5, 5.41) is 2.81. The van der Waals surface area contributed by atoms with E-state index >= 15 is 0 Å². The van der Waals surface area contributed by atoms with Gasteiger partial charge in [0.2, 0.25) is 16.8 Å². The fourth-order valence-corrected chi connectivity index (χ4v) is 3.33. The van der Waals surface area contributed by atoms with Gasteiger partial charge in [-0.2, -0.15) is 0 Å². The Hall–Kier alpha value is -2.78. The molecule has 0 fully saturated rings. The molecule has 8 nitrogen and oxygen atoms in total. The minimum atomic E-state index is -3.46. The number of benzene rings is 2. The molecule has 27 heavy (non-hydrogen) atoms. The topological polar surface area (TPSA) is 97.0 Å². The average Bonchev–Trinajstić information content (AvgIpc) is 3.14. The molecular weight excluding hydrogens is 370 g/mol. The lowest BCUT2D eigenvalue weighted by Gasteiger charge is -2.18. The van der Waals surface area contributed by atoms with Crippen LogP contribution in [0.1, 0.15) is 11.1 Å². The van der Waals surface area contributed by atoms with Gasteiger partial charge in [-0.25, -0.2) is 17.9 Å². The second-order valence-corrected chi connectivity index (χ2v) is 7.94. The number of nitrogens with one attached hydrogen (secondary N) is 2. The van der Waals surface area contributed by atoms with Crippen molar-refractivity contribution >= 4 is 16.1 Å². The van der Waals surface area contributed by atoms with Gasteiger partial charge in [0.1, 0.15) is 0 Å². The normalized spacial score (nSPS) is 12.7. The summed E-state index contributed by atoms with van der Waals surface area (Å²) in [6.07, 6.45) is 0. The fraction of sp³-hybridized carbons (Fsp3) is 0.278. The molecule has 2 aromatic carbocycles. The second kappa shape index (κ2) is 7.85. The zero-order valence-electron chi connectivity index (χ0n) is 15.1. The van der Waals surface area contributed by atoms with E-state index in [0.717, 1.165) is 11.1 Å². The Morgan fingerprint density at radius 3 is 2.44 bits per heavy atom. The Bertz CT molecular complexity index is 929. The third-order valence-corrected chi connectivity index (χ3v) is 5.58. The van der Waals surface area contributed by atoms with E-state index in [0.29, 0.717) is 24.6 Å². The summed E-state index contributed by atoms with van der Waals surface area (Å²) in [5.41, 5.74) is 1.73. The number of fused-ring (bicyclic) bond motifs is 1. The zero-order chi connectivity index (χ0) is 19.4. The van der Waals surface area contributed by atoms with Crippen LogP contribution in [0.25, 0.3) is 0 Å². The van der Waals surface area contributed by atoms with Crippen LogP contribution in [0.4, 0.5) is 4.79 Å². The van der Waals surface area contributed by atoms with Crippen molar-refractivity contribution in [1.29, 1.82) is 0 Å². The molecule has 9 heteroatoms. The van der Waals surface area contributed by atoms with E-state index in [4.69, 9.17) is 9.47 Å². The zero-order valence-corrected chi connectivity index (χ0v) is 15.9. The van der Waals surface area contributed by atoms with Crippen LogP contribution in [-0.2, 0) is 23.1 Å². The van der Waals surface area contributed by atoms with Crippen molar-refractivity contribution < 1.29 is 22.7 Å². The van der Waals surface area contributed by atoms with E-state index in [-0.39, 0.29) is 17.7 Å². The number of urea groups is 1. The Morgan fingerprint density at radius 2 is 1.74 bits per heavy atom. The fourth-order valence-electron chi connectivity index (χ4n) is 2.60. The highest BCUT2D eigenvalue weighted by molar-refractivity contribution is 7.89. The molecule has 0 unspecified atom stereocenters. The highest BCUT2D eigenvalue weighted by Gasteiger charge is 2.15. The number of sulfonamides is 1. The second-order valence-electron chi connectivity index (χ2n) is 6.05. The van der Waals surface area contributed by atoms with Gasteiger partial charge in [-0.3, -0.25) is 0 Å². The van der Waals surface area contributed by atoms with Gasteiger partial charge in [-0.15, -0.1) is 0 Å². The average molecular weight is 391 g/mol. The van der Waals surface area contributed by atoms with Crippen molar-refractivity contribution in [2.45, 2.75) is 18.0 Å². The molecule has 0 radical (unpaired) electrons. The van der Waals surface area contributed by atoms with E-state index in [1.165, 1.54) is 19.2 Å². The van der Waals surface area contributed by atoms with Crippen LogP contribution in [0.5, 0.6) is 11.5 Å².